The summed E-state index contributed by atoms with van der Waals surface area (Å²) in [5.74, 6) is -0.341. The highest BCUT2D eigenvalue weighted by molar-refractivity contribution is 5.60. The maximum absolute atomic E-state index is 13.4. The predicted molar refractivity (Wildman–Crippen MR) is 54.6 cm³/mol. The molecule has 1 atom stereocenters. The van der Waals surface area contributed by atoms with Crippen molar-refractivity contribution in [3.05, 3.63) is 34.9 Å². The van der Waals surface area contributed by atoms with Gasteiger partial charge in [0.05, 0.1) is 19.8 Å². The maximum atomic E-state index is 13.4. The van der Waals surface area contributed by atoms with E-state index in [0.717, 1.165) is 0 Å². The highest BCUT2D eigenvalue weighted by Crippen LogP contribution is 2.34. The minimum absolute atomic E-state index is 0.0930. The van der Waals surface area contributed by atoms with Gasteiger partial charge in [-0.05, 0) is 24.6 Å². The largest absolute Gasteiger partial charge is 0.508 e. The van der Waals surface area contributed by atoms with E-state index in [9.17, 15) is 4.39 Å². The summed E-state index contributed by atoms with van der Waals surface area (Å²) in [4.78, 5) is 3.08. The zero-order valence-electron chi connectivity index (χ0n) is 8.87. The molecule has 15 heavy (non-hydrogen) atoms. The van der Waals surface area contributed by atoms with Gasteiger partial charge in [-0.25, -0.2) is 9.24 Å². The maximum Gasteiger partial charge on any atom is 0.262 e. The topological polar surface area (TPSA) is 22.8 Å². The van der Waals surface area contributed by atoms with Gasteiger partial charge in [0.15, 0.2) is 0 Å². The molecule has 0 saturated heterocycles. The van der Waals surface area contributed by atoms with Crippen molar-refractivity contribution in [1.29, 1.82) is 0 Å². The summed E-state index contributed by atoms with van der Waals surface area (Å²) in [6.45, 7) is 8.62. The summed E-state index contributed by atoms with van der Waals surface area (Å²) in [5, 5.41) is 0. The molecule has 0 aliphatic carbocycles. The van der Waals surface area contributed by atoms with E-state index < -0.39 is 5.82 Å². The van der Waals surface area contributed by atoms with E-state index in [0.29, 0.717) is 5.56 Å². The molecule has 0 aliphatic heterocycles. The van der Waals surface area contributed by atoms with Crippen LogP contribution in [0.4, 0.5) is 10.1 Å². The van der Waals surface area contributed by atoms with Crippen molar-refractivity contribution >= 4 is 5.69 Å². The number of methoxy groups -OCH3 is 2. The zero-order valence-corrected chi connectivity index (χ0v) is 8.87. The summed E-state index contributed by atoms with van der Waals surface area (Å²) >= 11 is 0. The Hall–Kier alpha value is -1.60. The van der Waals surface area contributed by atoms with Gasteiger partial charge in [0.2, 0.25) is 0 Å². The van der Waals surface area contributed by atoms with E-state index in [-0.39, 0.29) is 17.5 Å². The van der Waals surface area contributed by atoms with Crippen molar-refractivity contribution in [2.45, 2.75) is 13.0 Å². The van der Waals surface area contributed by atoms with E-state index in [2.05, 4.69) is 4.85 Å². The normalized spacial score (nSPS) is 11.9. The monoisotopic (exact) mass is 209 g/mol. The number of hydrogen-bond acceptors (Lipinski definition) is 2. The Morgan fingerprint density at radius 1 is 1.40 bits per heavy atom. The molecule has 0 spiro atoms. The van der Waals surface area contributed by atoms with Crippen molar-refractivity contribution in [3.63, 3.8) is 0 Å². The Morgan fingerprint density at radius 2 is 2.07 bits per heavy atom. The van der Waals surface area contributed by atoms with Crippen LogP contribution in [0.3, 0.4) is 0 Å². The number of benzene rings is 1. The summed E-state index contributed by atoms with van der Waals surface area (Å²) in [6.07, 6.45) is -0.229. The van der Waals surface area contributed by atoms with Crippen LogP contribution < -0.4 is 4.74 Å². The first-order valence-corrected chi connectivity index (χ1v) is 4.41. The van der Waals surface area contributed by atoms with Crippen LogP contribution in [0.5, 0.6) is 5.75 Å². The summed E-state index contributed by atoms with van der Waals surface area (Å²) in [7, 11) is 2.95. The Kier molecular flexibility index (Phi) is 3.64. The van der Waals surface area contributed by atoms with Gasteiger partial charge in [-0.1, -0.05) is 0 Å². The molecule has 1 aromatic carbocycles. The number of ether oxygens (including phenoxy) is 2. The van der Waals surface area contributed by atoms with Crippen LogP contribution in [0, 0.1) is 12.4 Å². The number of hydrogen-bond donors (Lipinski definition) is 0. The van der Waals surface area contributed by atoms with Crippen LogP contribution in [-0.4, -0.2) is 14.2 Å². The summed E-state index contributed by atoms with van der Waals surface area (Å²) in [5.41, 5.74) is 0.559. The lowest BCUT2D eigenvalue weighted by molar-refractivity contribution is 0.119. The van der Waals surface area contributed by atoms with Crippen LogP contribution in [0.25, 0.3) is 4.85 Å². The molecule has 1 unspecified atom stereocenters. The molecule has 0 fully saturated rings. The van der Waals surface area contributed by atoms with E-state index in [1.807, 2.05) is 0 Å². The Morgan fingerprint density at radius 3 is 2.53 bits per heavy atom. The second kappa shape index (κ2) is 4.76. The van der Waals surface area contributed by atoms with Gasteiger partial charge in [-0.3, -0.25) is 0 Å². The molecule has 0 aromatic heterocycles. The predicted octanol–water partition coefficient (Wildman–Crippen LogP) is 3.09. The Balaban J connectivity index is 3.27. The minimum Gasteiger partial charge on any atom is -0.508 e. The molecule has 0 N–H and O–H groups in total. The Labute approximate surface area is 88.3 Å². The highest BCUT2D eigenvalue weighted by atomic mass is 19.1. The van der Waals surface area contributed by atoms with Crippen LogP contribution in [0.2, 0.25) is 0 Å². The van der Waals surface area contributed by atoms with Crippen molar-refractivity contribution in [2.75, 3.05) is 14.2 Å². The molecule has 80 valence electrons. The molecule has 1 aromatic rings. The molecule has 0 aliphatic rings. The van der Waals surface area contributed by atoms with Crippen molar-refractivity contribution in [1.82, 2.24) is 0 Å². The lowest BCUT2D eigenvalue weighted by atomic mass is 10.1. The highest BCUT2D eigenvalue weighted by Gasteiger charge is 2.14. The number of halogens is 1. The van der Waals surface area contributed by atoms with Crippen LogP contribution >= 0.6 is 0 Å². The molecular weight excluding hydrogens is 197 g/mol. The molecule has 0 heterocycles. The molecule has 1 rings (SSSR count). The van der Waals surface area contributed by atoms with Crippen LogP contribution in [0.1, 0.15) is 18.6 Å². The van der Waals surface area contributed by atoms with Gasteiger partial charge in [0.1, 0.15) is 11.6 Å². The second-order valence-corrected chi connectivity index (χ2v) is 3.04. The fraction of sp³-hybridized carbons (Fsp3) is 0.364. The molecule has 0 radical (unpaired) electrons. The third kappa shape index (κ3) is 2.25. The lowest BCUT2D eigenvalue weighted by Gasteiger charge is -2.12. The quantitative estimate of drug-likeness (QED) is 0.714. The van der Waals surface area contributed by atoms with Crippen molar-refractivity contribution in [3.8, 4) is 5.75 Å². The van der Waals surface area contributed by atoms with E-state index in [1.165, 1.54) is 20.3 Å². The molecule has 0 bridgehead atoms. The van der Waals surface area contributed by atoms with Crippen LogP contribution in [0.15, 0.2) is 12.1 Å². The molecule has 0 saturated carbocycles. The fourth-order valence-corrected chi connectivity index (χ4v) is 1.23. The standard InChI is InChI=1S/C11H12FNO2/c1-7(14-3)8-5-9(12)11(13-2)10(6-8)15-4/h5-7H,1,3-4H3. The fourth-order valence-electron chi connectivity index (χ4n) is 1.23. The first-order chi connectivity index (χ1) is 7.13. The summed E-state index contributed by atoms with van der Waals surface area (Å²) < 4.78 is 23.5. The van der Waals surface area contributed by atoms with Gasteiger partial charge in [-0.15, -0.1) is 0 Å². The number of nitrogens with zero attached hydrogens (tertiary/aromatic N) is 1. The van der Waals surface area contributed by atoms with Gasteiger partial charge in [-0.2, -0.15) is 0 Å². The number of rotatable bonds is 3. The third-order valence-corrected chi connectivity index (χ3v) is 2.21. The van der Waals surface area contributed by atoms with Gasteiger partial charge >= 0.3 is 0 Å². The molecule has 3 nitrogen and oxygen atoms in total. The lowest BCUT2D eigenvalue weighted by Crippen LogP contribution is -1.98. The SMILES string of the molecule is [C-]#[N+]c1c(F)cc(C(C)OC)cc1OC. The molecule has 0 amide bonds. The first kappa shape index (κ1) is 11.5. The second-order valence-electron chi connectivity index (χ2n) is 3.04. The van der Waals surface area contributed by atoms with Crippen LogP contribution in [-0.2, 0) is 4.74 Å². The smallest absolute Gasteiger partial charge is 0.262 e. The van der Waals surface area contributed by atoms with Gasteiger partial charge < -0.3 is 9.47 Å². The first-order valence-electron chi connectivity index (χ1n) is 4.41. The molecular formula is C11H12FNO2. The molecule has 4 heteroatoms. The third-order valence-electron chi connectivity index (χ3n) is 2.21. The van der Waals surface area contributed by atoms with Crippen molar-refractivity contribution in [2.24, 2.45) is 0 Å². The average Bonchev–Trinajstić information content (AvgIpc) is 2.26. The summed E-state index contributed by atoms with van der Waals surface area (Å²) in [6, 6.07) is 2.91. The van der Waals surface area contributed by atoms with E-state index in [1.54, 1.807) is 13.0 Å². The van der Waals surface area contributed by atoms with Gasteiger partial charge in [0, 0.05) is 7.11 Å². The van der Waals surface area contributed by atoms with E-state index >= 15 is 0 Å². The van der Waals surface area contributed by atoms with Crippen molar-refractivity contribution < 1.29 is 13.9 Å². The average molecular weight is 209 g/mol. The minimum atomic E-state index is -0.580. The van der Waals surface area contributed by atoms with E-state index in [4.69, 9.17) is 16.0 Å². The zero-order chi connectivity index (χ0) is 11.4. The Bertz CT molecular complexity index is 398. The van der Waals surface area contributed by atoms with Gasteiger partial charge in [0.25, 0.3) is 5.69 Å².